The van der Waals surface area contributed by atoms with Crippen LogP contribution in [0.1, 0.15) is 18.2 Å². The van der Waals surface area contributed by atoms with Gasteiger partial charge in [0.2, 0.25) is 5.91 Å². The highest BCUT2D eigenvalue weighted by molar-refractivity contribution is 7.93. The third kappa shape index (κ3) is 2.05. The molecule has 2 rings (SSSR count). The molecule has 4 nitrogen and oxygen atoms in total. The van der Waals surface area contributed by atoms with Gasteiger partial charge in [0, 0.05) is 4.88 Å². The van der Waals surface area contributed by atoms with Gasteiger partial charge in [-0.25, -0.2) is 8.42 Å². The summed E-state index contributed by atoms with van der Waals surface area (Å²) in [5.41, 5.74) is 5.48. The van der Waals surface area contributed by atoms with Crippen LogP contribution in [0.25, 0.3) is 0 Å². The summed E-state index contributed by atoms with van der Waals surface area (Å²) in [7, 11) is -3.92. The molecular formula is C14H14NO3S2. The topological polar surface area (TPSA) is 77.2 Å². The van der Waals surface area contributed by atoms with E-state index in [4.69, 9.17) is 5.73 Å². The minimum absolute atomic E-state index is 0.0744. The van der Waals surface area contributed by atoms with Gasteiger partial charge in [0.05, 0.1) is 4.90 Å². The second-order valence-electron chi connectivity index (χ2n) is 4.26. The van der Waals surface area contributed by atoms with E-state index in [1.165, 1.54) is 35.6 Å². The predicted octanol–water partition coefficient (Wildman–Crippen LogP) is 2.11. The molecule has 0 spiro atoms. The third-order valence-electron chi connectivity index (χ3n) is 3.27. The second kappa shape index (κ2) is 5.38. The molecule has 2 N–H and O–H groups in total. The maximum Gasteiger partial charge on any atom is 0.244 e. The number of benzene rings is 1. The van der Waals surface area contributed by atoms with Crippen molar-refractivity contribution < 1.29 is 13.2 Å². The Balaban J connectivity index is 2.74. The molecule has 2 aromatic rings. The lowest BCUT2D eigenvalue weighted by Gasteiger charge is -2.28. The van der Waals surface area contributed by atoms with Crippen molar-refractivity contribution in [3.8, 4) is 0 Å². The molecule has 0 saturated carbocycles. The molecule has 1 atom stereocenters. The molecule has 0 aliphatic carbocycles. The number of thiophene rings is 1. The number of sulfone groups is 1. The van der Waals surface area contributed by atoms with Crippen molar-refractivity contribution in [3.63, 3.8) is 0 Å². The summed E-state index contributed by atoms with van der Waals surface area (Å²) in [5.74, 6) is -0.852. The highest BCUT2D eigenvalue weighted by Crippen LogP contribution is 2.40. The third-order valence-corrected chi connectivity index (χ3v) is 6.95. The lowest BCUT2D eigenvalue weighted by atomic mass is 10.0. The Hall–Kier alpha value is -1.66. The van der Waals surface area contributed by atoms with E-state index >= 15 is 0 Å². The quantitative estimate of drug-likeness (QED) is 0.919. The van der Waals surface area contributed by atoms with Crippen LogP contribution in [-0.2, 0) is 19.4 Å². The number of rotatable bonds is 5. The smallest absolute Gasteiger partial charge is 0.244 e. The molecule has 20 heavy (non-hydrogen) atoms. The average Bonchev–Trinajstić information content (AvgIpc) is 2.95. The van der Waals surface area contributed by atoms with E-state index in [1.54, 1.807) is 24.4 Å². The second-order valence-corrected chi connectivity index (χ2v) is 7.38. The highest BCUT2D eigenvalue weighted by atomic mass is 32.2. The molecule has 1 aromatic carbocycles. The van der Waals surface area contributed by atoms with Gasteiger partial charge in [-0.15, -0.1) is 11.3 Å². The van der Waals surface area contributed by atoms with E-state index in [0.29, 0.717) is 4.88 Å². The first-order chi connectivity index (χ1) is 9.46. The van der Waals surface area contributed by atoms with Crippen LogP contribution < -0.4 is 5.73 Å². The Bertz CT molecular complexity index is 693. The van der Waals surface area contributed by atoms with Crippen molar-refractivity contribution in [3.05, 3.63) is 52.7 Å². The van der Waals surface area contributed by atoms with Crippen LogP contribution in [0.3, 0.4) is 0 Å². The Kier molecular flexibility index (Phi) is 3.96. The molecule has 0 bridgehead atoms. The van der Waals surface area contributed by atoms with Gasteiger partial charge in [0.1, 0.15) is 0 Å². The average molecular weight is 308 g/mol. The van der Waals surface area contributed by atoms with Gasteiger partial charge in [-0.05, 0) is 36.1 Å². The summed E-state index contributed by atoms with van der Waals surface area (Å²) in [4.78, 5) is 12.5. The van der Waals surface area contributed by atoms with Crippen molar-refractivity contribution in [2.45, 2.75) is 23.0 Å². The zero-order chi connectivity index (χ0) is 14.8. The van der Waals surface area contributed by atoms with Gasteiger partial charge in [-0.3, -0.25) is 4.79 Å². The van der Waals surface area contributed by atoms with Crippen LogP contribution in [0, 0.1) is 6.07 Å². The van der Waals surface area contributed by atoms with Gasteiger partial charge in [-0.2, -0.15) is 0 Å². The van der Waals surface area contributed by atoms with Crippen molar-refractivity contribution >= 4 is 27.1 Å². The minimum Gasteiger partial charge on any atom is -0.368 e. The monoisotopic (exact) mass is 308 g/mol. The number of nitrogens with two attached hydrogens (primary N) is 1. The van der Waals surface area contributed by atoms with E-state index in [2.05, 4.69) is 6.07 Å². The lowest BCUT2D eigenvalue weighted by molar-refractivity contribution is -0.120. The predicted molar refractivity (Wildman–Crippen MR) is 77.9 cm³/mol. The fourth-order valence-corrected chi connectivity index (χ4v) is 5.43. The zero-order valence-electron chi connectivity index (χ0n) is 10.9. The van der Waals surface area contributed by atoms with Crippen molar-refractivity contribution in [2.24, 2.45) is 5.73 Å². The molecule has 1 radical (unpaired) electrons. The maximum absolute atomic E-state index is 12.9. The Labute approximate surface area is 122 Å². The molecule has 1 unspecified atom stereocenters. The van der Waals surface area contributed by atoms with Gasteiger partial charge in [-0.1, -0.05) is 25.1 Å². The molecule has 1 amide bonds. The Morgan fingerprint density at radius 1 is 1.35 bits per heavy atom. The van der Waals surface area contributed by atoms with Crippen molar-refractivity contribution in [1.82, 2.24) is 0 Å². The first-order valence-electron chi connectivity index (χ1n) is 6.01. The minimum atomic E-state index is -3.92. The molecule has 0 aliphatic rings. The molecule has 6 heteroatoms. The number of hydrogen-bond donors (Lipinski definition) is 1. The summed E-state index contributed by atoms with van der Waals surface area (Å²) in [6, 6.07) is 12.0. The number of carbonyl (C=O) groups excluding carboxylic acids is 1. The SMILES string of the molecule is CCC(C(N)=O)(c1cccs1)S(=O)(=O)c1cc[c]cc1. The van der Waals surface area contributed by atoms with Crippen LogP contribution in [0.4, 0.5) is 0 Å². The van der Waals surface area contributed by atoms with Crippen LogP contribution in [-0.4, -0.2) is 14.3 Å². The van der Waals surface area contributed by atoms with Crippen molar-refractivity contribution in [1.29, 1.82) is 0 Å². The van der Waals surface area contributed by atoms with Gasteiger partial charge in [0.25, 0.3) is 0 Å². The zero-order valence-corrected chi connectivity index (χ0v) is 12.5. The fourth-order valence-electron chi connectivity index (χ4n) is 2.19. The van der Waals surface area contributed by atoms with E-state index < -0.39 is 20.5 Å². The number of carbonyl (C=O) groups is 1. The normalized spacial score (nSPS) is 14.7. The largest absolute Gasteiger partial charge is 0.368 e. The summed E-state index contributed by atoms with van der Waals surface area (Å²) in [5, 5.41) is 1.73. The van der Waals surface area contributed by atoms with E-state index in [1.807, 2.05) is 0 Å². The molecule has 1 heterocycles. The lowest BCUT2D eigenvalue weighted by Crippen LogP contribution is -2.46. The standard InChI is InChI=1S/C14H14NO3S2/c1-2-14(13(15)16,12-9-6-10-19-12)20(17,18)11-7-4-3-5-8-11/h4-10H,2H2,1H3,(H2,15,16). The summed E-state index contributed by atoms with van der Waals surface area (Å²) in [6.45, 7) is 1.65. The van der Waals surface area contributed by atoms with E-state index in [9.17, 15) is 13.2 Å². The van der Waals surface area contributed by atoms with Gasteiger partial charge >= 0.3 is 0 Å². The first kappa shape index (κ1) is 14.7. The summed E-state index contributed by atoms with van der Waals surface area (Å²) < 4.78 is 24.1. The Morgan fingerprint density at radius 2 is 2.00 bits per heavy atom. The Morgan fingerprint density at radius 3 is 2.45 bits per heavy atom. The summed E-state index contributed by atoms with van der Waals surface area (Å²) >= 11 is 1.22. The summed E-state index contributed by atoms with van der Waals surface area (Å²) in [6.07, 6.45) is 0.0871. The molecule has 0 fully saturated rings. The van der Waals surface area contributed by atoms with Crippen molar-refractivity contribution in [2.75, 3.05) is 0 Å². The van der Waals surface area contributed by atoms with Crippen LogP contribution >= 0.6 is 11.3 Å². The number of primary amides is 1. The maximum atomic E-state index is 12.9. The number of amides is 1. The van der Waals surface area contributed by atoms with Crippen LogP contribution in [0.5, 0.6) is 0 Å². The molecule has 0 saturated heterocycles. The van der Waals surface area contributed by atoms with Gasteiger partial charge in [0.15, 0.2) is 14.6 Å². The van der Waals surface area contributed by atoms with Crippen LogP contribution in [0.2, 0.25) is 0 Å². The number of hydrogen-bond acceptors (Lipinski definition) is 4. The molecule has 1 aromatic heterocycles. The molecule has 0 aliphatic heterocycles. The fraction of sp³-hybridized carbons (Fsp3) is 0.214. The van der Waals surface area contributed by atoms with E-state index in [0.717, 1.165) is 0 Å². The first-order valence-corrected chi connectivity index (χ1v) is 8.37. The van der Waals surface area contributed by atoms with E-state index in [-0.39, 0.29) is 11.3 Å². The molecular weight excluding hydrogens is 294 g/mol. The van der Waals surface area contributed by atoms with Crippen LogP contribution in [0.15, 0.2) is 46.7 Å². The van der Waals surface area contributed by atoms with Gasteiger partial charge < -0.3 is 5.73 Å². The highest BCUT2D eigenvalue weighted by Gasteiger charge is 2.51. The molecule has 105 valence electrons.